The second kappa shape index (κ2) is 4.08. The fourth-order valence-corrected chi connectivity index (χ4v) is 1.79. The summed E-state index contributed by atoms with van der Waals surface area (Å²) in [5, 5.41) is 0.422. The molecule has 3 nitrogen and oxygen atoms in total. The minimum absolute atomic E-state index is 0.178. The van der Waals surface area contributed by atoms with Crippen molar-refractivity contribution in [2.45, 2.75) is 3.79 Å². The molecule has 0 aromatic carbocycles. The van der Waals surface area contributed by atoms with Gasteiger partial charge in [-0.05, 0) is 12.1 Å². The van der Waals surface area contributed by atoms with Crippen LogP contribution in [-0.2, 0) is 0 Å². The average Bonchev–Trinajstić information content (AvgIpc) is 2.60. The Morgan fingerprint density at radius 1 is 1.38 bits per heavy atom. The van der Waals surface area contributed by atoms with E-state index in [9.17, 15) is 4.79 Å². The number of hydrogen-bond acceptors (Lipinski definition) is 2. The molecule has 2 rings (SSSR count). The minimum Gasteiger partial charge on any atom is -0.296 e. The predicted octanol–water partition coefficient (Wildman–Crippen LogP) is 3.54. The lowest BCUT2D eigenvalue weighted by Gasteiger charge is -2.08. The van der Waals surface area contributed by atoms with Crippen molar-refractivity contribution in [3.63, 3.8) is 0 Å². The van der Waals surface area contributed by atoms with Crippen LogP contribution in [0.1, 0.15) is 10.5 Å². The second-order valence-corrected chi connectivity index (χ2v) is 5.71. The number of nitrogens with zero attached hydrogens (tertiary/aromatic N) is 2. The van der Waals surface area contributed by atoms with Crippen molar-refractivity contribution in [2.24, 2.45) is 0 Å². The number of halogens is 4. The molecule has 0 aliphatic rings. The normalized spacial score (nSPS) is 12.0. The van der Waals surface area contributed by atoms with E-state index in [0.717, 1.165) is 0 Å². The quantitative estimate of drug-likeness (QED) is 0.596. The molecule has 0 N–H and O–H groups in total. The number of alkyl halides is 3. The number of rotatable bonds is 1. The van der Waals surface area contributed by atoms with Gasteiger partial charge in [0, 0.05) is 6.20 Å². The summed E-state index contributed by atoms with van der Waals surface area (Å²) in [6.45, 7) is 0. The van der Waals surface area contributed by atoms with E-state index in [1.807, 2.05) is 0 Å². The van der Waals surface area contributed by atoms with Gasteiger partial charge in [-0.15, -0.1) is 0 Å². The summed E-state index contributed by atoms with van der Waals surface area (Å²) < 4.78 is -0.523. The number of carbonyl (C=O) groups excluding carboxylic acids is 1. The fraction of sp³-hybridized carbons (Fsp3) is 0.111. The molecule has 7 heteroatoms. The zero-order valence-corrected chi connectivity index (χ0v) is 10.6. The highest BCUT2D eigenvalue weighted by molar-refractivity contribution is 6.77. The molecule has 0 fully saturated rings. The molecule has 2 aromatic rings. The van der Waals surface area contributed by atoms with Gasteiger partial charge < -0.3 is 0 Å². The first kappa shape index (κ1) is 12.0. The molecule has 2 aromatic heterocycles. The lowest BCUT2D eigenvalue weighted by Crippen LogP contribution is -2.20. The molecule has 0 aliphatic heterocycles. The van der Waals surface area contributed by atoms with Gasteiger partial charge in [-0.1, -0.05) is 46.4 Å². The highest BCUT2D eigenvalue weighted by Gasteiger charge is 2.33. The van der Waals surface area contributed by atoms with Crippen molar-refractivity contribution >= 4 is 57.8 Å². The lowest BCUT2D eigenvalue weighted by atomic mass is 10.3. The number of Topliss-reactive ketones (excluding diaryl/α,β-unsaturated/α-hetero) is 1. The van der Waals surface area contributed by atoms with Gasteiger partial charge in [-0.2, -0.15) is 0 Å². The van der Waals surface area contributed by atoms with Crippen molar-refractivity contribution in [3.8, 4) is 0 Å². The Bertz CT molecular complexity index is 558. The van der Waals surface area contributed by atoms with Gasteiger partial charge in [0.15, 0.2) is 5.65 Å². The zero-order valence-electron chi connectivity index (χ0n) is 7.62. The number of carbonyl (C=O) groups is 1. The molecule has 16 heavy (non-hydrogen) atoms. The van der Waals surface area contributed by atoms with Gasteiger partial charge >= 0.3 is 0 Å². The fourth-order valence-electron chi connectivity index (χ4n) is 1.29. The molecule has 0 radical (unpaired) electrons. The van der Waals surface area contributed by atoms with Crippen LogP contribution in [0.15, 0.2) is 24.5 Å². The van der Waals surface area contributed by atoms with Crippen LogP contribution in [0.25, 0.3) is 5.65 Å². The standard InChI is InChI=1S/C9H4Cl4N2O/c10-5-2-1-3-15-6(4-14-8(5)15)7(16)9(11,12)13/h1-4H. The Balaban J connectivity index is 2.64. The van der Waals surface area contributed by atoms with Crippen LogP contribution in [0, 0.1) is 0 Å². The summed E-state index contributed by atoms with van der Waals surface area (Å²) in [7, 11) is 0. The van der Waals surface area contributed by atoms with Crippen LogP contribution in [-0.4, -0.2) is 19.0 Å². The first-order valence-electron chi connectivity index (χ1n) is 4.14. The SMILES string of the molecule is O=C(c1cnc2c(Cl)cccn12)C(Cl)(Cl)Cl. The van der Waals surface area contributed by atoms with E-state index >= 15 is 0 Å². The van der Waals surface area contributed by atoms with E-state index < -0.39 is 9.58 Å². The van der Waals surface area contributed by atoms with Crippen LogP contribution in [0.5, 0.6) is 0 Å². The van der Waals surface area contributed by atoms with Gasteiger partial charge in [0.2, 0.25) is 5.78 Å². The van der Waals surface area contributed by atoms with E-state index in [0.29, 0.717) is 10.7 Å². The van der Waals surface area contributed by atoms with Gasteiger partial charge in [0.05, 0.1) is 11.2 Å². The number of aromatic nitrogens is 2. The number of fused-ring (bicyclic) bond motifs is 1. The predicted molar refractivity (Wildman–Crippen MR) is 64.8 cm³/mol. The molecule has 0 atom stereocenters. The third-order valence-corrected chi connectivity index (χ3v) is 2.79. The second-order valence-electron chi connectivity index (χ2n) is 3.02. The largest absolute Gasteiger partial charge is 0.296 e. The van der Waals surface area contributed by atoms with E-state index in [2.05, 4.69) is 4.98 Å². The minimum atomic E-state index is -2.00. The van der Waals surface area contributed by atoms with Crippen molar-refractivity contribution in [1.82, 2.24) is 9.38 Å². The molecule has 84 valence electrons. The summed E-state index contributed by atoms with van der Waals surface area (Å²) in [6.07, 6.45) is 2.95. The summed E-state index contributed by atoms with van der Waals surface area (Å²) in [5.74, 6) is -0.646. The van der Waals surface area contributed by atoms with Gasteiger partial charge in [0.25, 0.3) is 3.79 Å². The maximum absolute atomic E-state index is 11.8. The first-order valence-corrected chi connectivity index (χ1v) is 5.65. The highest BCUT2D eigenvalue weighted by atomic mass is 35.6. The molecule has 0 aliphatic carbocycles. The number of pyridine rings is 1. The van der Waals surface area contributed by atoms with Gasteiger partial charge in [-0.25, -0.2) is 4.98 Å². The maximum atomic E-state index is 11.8. The molecule has 2 heterocycles. The smallest absolute Gasteiger partial charge is 0.255 e. The average molecular weight is 298 g/mol. The summed E-state index contributed by atoms with van der Waals surface area (Å²) in [6, 6.07) is 3.33. The zero-order chi connectivity index (χ0) is 11.9. The number of ketones is 1. The molecule has 0 amide bonds. The van der Waals surface area contributed by atoms with Crippen molar-refractivity contribution < 1.29 is 4.79 Å². The molecular formula is C9H4Cl4N2O. The van der Waals surface area contributed by atoms with Crippen molar-refractivity contribution in [3.05, 3.63) is 35.2 Å². The Hall–Kier alpha value is -0.480. The molecule has 0 unspecified atom stereocenters. The lowest BCUT2D eigenvalue weighted by molar-refractivity contribution is 0.0991. The van der Waals surface area contributed by atoms with Crippen molar-refractivity contribution in [2.75, 3.05) is 0 Å². The molecule has 0 bridgehead atoms. The van der Waals surface area contributed by atoms with Crippen LogP contribution < -0.4 is 0 Å². The molecule has 0 saturated carbocycles. The van der Waals surface area contributed by atoms with Gasteiger partial charge in [0.1, 0.15) is 5.69 Å². The highest BCUT2D eigenvalue weighted by Crippen LogP contribution is 2.31. The van der Waals surface area contributed by atoms with E-state index in [4.69, 9.17) is 46.4 Å². The van der Waals surface area contributed by atoms with Crippen LogP contribution in [0.4, 0.5) is 0 Å². The van der Waals surface area contributed by atoms with Crippen molar-refractivity contribution in [1.29, 1.82) is 0 Å². The number of hydrogen-bond donors (Lipinski definition) is 0. The van der Waals surface area contributed by atoms with Crippen LogP contribution in [0.2, 0.25) is 5.02 Å². The third-order valence-electron chi connectivity index (χ3n) is 1.98. The monoisotopic (exact) mass is 296 g/mol. The number of imidazole rings is 1. The van der Waals surface area contributed by atoms with Crippen LogP contribution >= 0.6 is 46.4 Å². The topological polar surface area (TPSA) is 34.4 Å². The maximum Gasteiger partial charge on any atom is 0.255 e. The summed E-state index contributed by atoms with van der Waals surface area (Å²) in [5.41, 5.74) is 0.624. The van der Waals surface area contributed by atoms with E-state index in [1.165, 1.54) is 10.6 Å². The Kier molecular flexibility index (Phi) is 3.05. The Morgan fingerprint density at radius 2 is 2.06 bits per heavy atom. The Morgan fingerprint density at radius 3 is 2.69 bits per heavy atom. The summed E-state index contributed by atoms with van der Waals surface area (Å²) >= 11 is 22.5. The Labute approximate surface area is 111 Å². The van der Waals surface area contributed by atoms with E-state index in [-0.39, 0.29) is 5.69 Å². The first-order chi connectivity index (χ1) is 7.41. The molecule has 0 saturated heterocycles. The van der Waals surface area contributed by atoms with Gasteiger partial charge in [-0.3, -0.25) is 9.20 Å². The van der Waals surface area contributed by atoms with E-state index in [1.54, 1.807) is 18.3 Å². The summed E-state index contributed by atoms with van der Waals surface area (Å²) in [4.78, 5) is 15.7. The third kappa shape index (κ3) is 2.00. The molecular weight excluding hydrogens is 294 g/mol. The molecule has 0 spiro atoms. The van der Waals surface area contributed by atoms with Crippen LogP contribution in [0.3, 0.4) is 0 Å².